The van der Waals surface area contributed by atoms with Crippen LogP contribution in [0, 0.1) is 11.3 Å². The maximum atomic E-state index is 9.47. The number of nitriles is 1. The third kappa shape index (κ3) is 3.27. The van der Waals surface area contributed by atoms with Gasteiger partial charge in [-0.3, -0.25) is 0 Å². The lowest BCUT2D eigenvalue weighted by Crippen LogP contribution is -2.25. The lowest BCUT2D eigenvalue weighted by Gasteiger charge is -2.23. The predicted octanol–water partition coefficient (Wildman–Crippen LogP) is 1.19. The summed E-state index contributed by atoms with van der Waals surface area (Å²) in [5.41, 5.74) is 1.18. The first-order valence-corrected chi connectivity index (χ1v) is 6.66. The van der Waals surface area contributed by atoms with Crippen molar-refractivity contribution in [2.24, 2.45) is 0 Å². The minimum absolute atomic E-state index is 0.0375. The molecule has 0 aliphatic rings. The third-order valence-electron chi connectivity index (χ3n) is 3.12. The molecule has 0 atom stereocenters. The summed E-state index contributed by atoms with van der Waals surface area (Å²) in [6.07, 6.45) is 2.82. The zero-order valence-corrected chi connectivity index (χ0v) is 12.6. The third-order valence-corrected chi connectivity index (χ3v) is 3.12. The highest BCUT2D eigenvalue weighted by molar-refractivity contribution is 5.60. The Morgan fingerprint density at radius 2 is 2.00 bits per heavy atom. The van der Waals surface area contributed by atoms with Crippen LogP contribution in [0.2, 0.25) is 0 Å². The highest BCUT2D eigenvalue weighted by Crippen LogP contribution is 2.28. The molecule has 2 aromatic rings. The van der Waals surface area contributed by atoms with Gasteiger partial charge in [0.05, 0.1) is 30.4 Å². The fourth-order valence-electron chi connectivity index (χ4n) is 1.80. The van der Waals surface area contributed by atoms with Gasteiger partial charge in [0, 0.05) is 18.5 Å². The quantitative estimate of drug-likeness (QED) is 0.753. The average molecular weight is 299 g/mol. The standard InChI is InChI=1S/C14H17N7O/c1-14(2,8-22)13-10(16-3)4-11(20-21-13)19-12-7-17-9(5-15)6-18-12/h4,6-7,22H,8H2,1-3H3,(H2,16,18,19,20). The summed E-state index contributed by atoms with van der Waals surface area (Å²) in [6.45, 7) is 3.73. The van der Waals surface area contributed by atoms with Crippen LogP contribution in [0.25, 0.3) is 0 Å². The van der Waals surface area contributed by atoms with Gasteiger partial charge in [0.1, 0.15) is 11.9 Å². The summed E-state index contributed by atoms with van der Waals surface area (Å²) in [4.78, 5) is 7.99. The molecular formula is C14H17N7O. The first kappa shape index (κ1) is 15.6. The summed E-state index contributed by atoms with van der Waals surface area (Å²) in [7, 11) is 1.78. The number of aromatic nitrogens is 4. The Labute approximate surface area is 128 Å². The van der Waals surface area contributed by atoms with E-state index >= 15 is 0 Å². The molecule has 8 nitrogen and oxygen atoms in total. The molecule has 0 saturated heterocycles. The smallest absolute Gasteiger partial charge is 0.158 e. The monoisotopic (exact) mass is 299 g/mol. The Morgan fingerprint density at radius 1 is 1.23 bits per heavy atom. The van der Waals surface area contributed by atoms with Gasteiger partial charge in [0.15, 0.2) is 11.5 Å². The van der Waals surface area contributed by atoms with Crippen molar-refractivity contribution in [2.45, 2.75) is 19.3 Å². The molecule has 0 bridgehead atoms. The van der Waals surface area contributed by atoms with Crippen LogP contribution in [0.4, 0.5) is 17.3 Å². The number of aliphatic hydroxyl groups excluding tert-OH is 1. The Kier molecular flexibility index (Phi) is 4.48. The molecule has 2 heterocycles. The number of anilines is 3. The van der Waals surface area contributed by atoms with Crippen LogP contribution in [0.3, 0.4) is 0 Å². The second-order valence-corrected chi connectivity index (χ2v) is 5.31. The summed E-state index contributed by atoms with van der Waals surface area (Å²) < 4.78 is 0. The molecule has 0 fully saturated rings. The summed E-state index contributed by atoms with van der Waals surface area (Å²) in [5.74, 6) is 0.949. The summed E-state index contributed by atoms with van der Waals surface area (Å²) >= 11 is 0. The number of aliphatic hydroxyl groups is 1. The lowest BCUT2D eigenvalue weighted by molar-refractivity contribution is 0.215. The van der Waals surface area contributed by atoms with Gasteiger partial charge in [-0.2, -0.15) is 10.4 Å². The average Bonchev–Trinajstić information content (AvgIpc) is 2.55. The maximum Gasteiger partial charge on any atom is 0.158 e. The molecule has 22 heavy (non-hydrogen) atoms. The molecule has 2 aromatic heterocycles. The van der Waals surface area contributed by atoms with Crippen LogP contribution < -0.4 is 10.6 Å². The van der Waals surface area contributed by atoms with Crippen LogP contribution in [0.1, 0.15) is 25.2 Å². The van der Waals surface area contributed by atoms with Crippen molar-refractivity contribution in [2.75, 3.05) is 24.3 Å². The van der Waals surface area contributed by atoms with Gasteiger partial charge in [-0.1, -0.05) is 13.8 Å². The number of hydrogen-bond acceptors (Lipinski definition) is 8. The van der Waals surface area contributed by atoms with Crippen molar-refractivity contribution < 1.29 is 5.11 Å². The molecule has 0 aliphatic heterocycles. The van der Waals surface area contributed by atoms with E-state index in [1.165, 1.54) is 12.4 Å². The van der Waals surface area contributed by atoms with E-state index in [0.717, 1.165) is 5.69 Å². The molecular weight excluding hydrogens is 282 g/mol. The van der Waals surface area contributed by atoms with Gasteiger partial charge in [0.2, 0.25) is 0 Å². The van der Waals surface area contributed by atoms with Gasteiger partial charge >= 0.3 is 0 Å². The number of rotatable bonds is 5. The fourth-order valence-corrected chi connectivity index (χ4v) is 1.80. The molecule has 0 saturated carbocycles. The normalized spacial score (nSPS) is 10.9. The van der Waals surface area contributed by atoms with E-state index in [9.17, 15) is 5.11 Å². The second kappa shape index (κ2) is 6.32. The van der Waals surface area contributed by atoms with Gasteiger partial charge < -0.3 is 15.7 Å². The van der Waals surface area contributed by atoms with E-state index in [1.807, 2.05) is 19.9 Å². The molecule has 0 radical (unpaired) electrons. The SMILES string of the molecule is CNc1cc(Nc2cnc(C#N)cn2)nnc1C(C)(C)CO. The second-order valence-electron chi connectivity index (χ2n) is 5.31. The molecule has 114 valence electrons. The highest BCUT2D eigenvalue weighted by atomic mass is 16.3. The van der Waals surface area contributed by atoms with Crippen molar-refractivity contribution >= 4 is 17.3 Å². The Hall–Kier alpha value is -2.79. The number of hydrogen-bond donors (Lipinski definition) is 3. The van der Waals surface area contributed by atoms with Crippen molar-refractivity contribution in [1.29, 1.82) is 5.26 Å². The molecule has 8 heteroatoms. The van der Waals surface area contributed by atoms with E-state index in [0.29, 0.717) is 17.3 Å². The molecule has 3 N–H and O–H groups in total. The molecule has 0 spiro atoms. The van der Waals surface area contributed by atoms with Crippen LogP contribution in [-0.2, 0) is 5.41 Å². The molecule has 2 rings (SSSR count). The Bertz CT molecular complexity index is 691. The largest absolute Gasteiger partial charge is 0.395 e. The van der Waals surface area contributed by atoms with E-state index in [-0.39, 0.29) is 12.3 Å². The summed E-state index contributed by atoms with van der Waals surface area (Å²) in [6, 6.07) is 3.68. The van der Waals surface area contributed by atoms with E-state index in [4.69, 9.17) is 5.26 Å². The van der Waals surface area contributed by atoms with E-state index in [2.05, 4.69) is 30.8 Å². The van der Waals surface area contributed by atoms with Gasteiger partial charge in [-0.25, -0.2) is 9.97 Å². The van der Waals surface area contributed by atoms with Crippen molar-refractivity contribution in [3.05, 3.63) is 29.8 Å². The minimum Gasteiger partial charge on any atom is -0.395 e. The Balaban J connectivity index is 2.27. The summed E-state index contributed by atoms with van der Waals surface area (Å²) in [5, 5.41) is 32.5. The molecule has 0 unspecified atom stereocenters. The molecule has 0 aromatic carbocycles. The zero-order valence-electron chi connectivity index (χ0n) is 12.6. The van der Waals surface area contributed by atoms with Crippen LogP contribution >= 0.6 is 0 Å². The maximum absolute atomic E-state index is 9.47. The number of nitrogens with one attached hydrogen (secondary N) is 2. The predicted molar refractivity (Wildman–Crippen MR) is 81.7 cm³/mol. The first-order chi connectivity index (χ1) is 10.5. The van der Waals surface area contributed by atoms with Crippen molar-refractivity contribution in [3.8, 4) is 6.07 Å². The highest BCUT2D eigenvalue weighted by Gasteiger charge is 2.25. The fraction of sp³-hybridized carbons (Fsp3) is 0.357. The van der Waals surface area contributed by atoms with Gasteiger partial charge in [0.25, 0.3) is 0 Å². The van der Waals surface area contributed by atoms with Gasteiger partial charge in [-0.15, -0.1) is 5.10 Å². The van der Waals surface area contributed by atoms with Gasteiger partial charge in [-0.05, 0) is 0 Å². The van der Waals surface area contributed by atoms with Crippen LogP contribution in [-0.4, -0.2) is 38.9 Å². The molecule has 0 amide bonds. The van der Waals surface area contributed by atoms with Crippen molar-refractivity contribution in [1.82, 2.24) is 20.2 Å². The number of nitrogens with zero attached hydrogens (tertiary/aromatic N) is 5. The minimum atomic E-state index is -0.502. The first-order valence-electron chi connectivity index (χ1n) is 6.66. The topological polar surface area (TPSA) is 120 Å². The molecule has 0 aliphatic carbocycles. The van der Waals surface area contributed by atoms with E-state index < -0.39 is 5.41 Å². The van der Waals surface area contributed by atoms with Crippen molar-refractivity contribution in [3.63, 3.8) is 0 Å². The zero-order chi connectivity index (χ0) is 16.2. The Morgan fingerprint density at radius 3 is 2.55 bits per heavy atom. The van der Waals surface area contributed by atoms with E-state index in [1.54, 1.807) is 13.1 Å². The van der Waals surface area contributed by atoms with Crippen LogP contribution in [0.5, 0.6) is 0 Å². The lowest BCUT2D eigenvalue weighted by atomic mass is 9.89. The van der Waals surface area contributed by atoms with Crippen LogP contribution in [0.15, 0.2) is 18.5 Å².